The zero-order valence-corrected chi connectivity index (χ0v) is 13.0. The highest BCUT2D eigenvalue weighted by Crippen LogP contribution is 2.11. The highest BCUT2D eigenvalue weighted by atomic mass is 32.1. The fraction of sp³-hybridized carbons (Fsp3) is 0.692. The fourth-order valence-electron chi connectivity index (χ4n) is 1.63. The molecule has 0 radical (unpaired) electrons. The molecule has 0 saturated carbocycles. The Balaban J connectivity index is 2.43. The van der Waals surface area contributed by atoms with Crippen LogP contribution in [0.1, 0.15) is 23.7 Å². The first kappa shape index (κ1) is 15.9. The van der Waals surface area contributed by atoms with Gasteiger partial charge in [0, 0.05) is 43.7 Å². The van der Waals surface area contributed by atoms with Crippen molar-refractivity contribution in [2.24, 2.45) is 4.99 Å². The van der Waals surface area contributed by atoms with Gasteiger partial charge in [-0.2, -0.15) is 0 Å². The van der Waals surface area contributed by atoms with Gasteiger partial charge in [0.15, 0.2) is 5.96 Å². The molecular formula is C13H24N4OS. The molecule has 0 spiro atoms. The maximum atomic E-state index is 5.11. The Kier molecular flexibility index (Phi) is 7.43. The SMILES string of the molecule is CCNC(=NCCc1ncc(C)s1)NC(C)COC. The number of methoxy groups -OCH3 is 1. The first-order chi connectivity index (χ1) is 9.15. The van der Waals surface area contributed by atoms with E-state index in [1.165, 1.54) is 4.88 Å². The Morgan fingerprint density at radius 3 is 2.95 bits per heavy atom. The summed E-state index contributed by atoms with van der Waals surface area (Å²) in [7, 11) is 1.70. The molecule has 0 aromatic carbocycles. The Bertz CT molecular complexity index is 392. The number of guanidine groups is 1. The second kappa shape index (κ2) is 8.87. The summed E-state index contributed by atoms with van der Waals surface area (Å²) in [6.07, 6.45) is 2.79. The lowest BCUT2D eigenvalue weighted by Gasteiger charge is -2.16. The average Bonchev–Trinajstić information content (AvgIpc) is 2.75. The monoisotopic (exact) mass is 284 g/mol. The van der Waals surface area contributed by atoms with Crippen LogP contribution in [-0.4, -0.2) is 43.8 Å². The summed E-state index contributed by atoms with van der Waals surface area (Å²) in [6, 6.07) is 0.241. The topological polar surface area (TPSA) is 58.5 Å². The molecule has 0 saturated heterocycles. The molecule has 0 aliphatic heterocycles. The number of nitrogens with zero attached hydrogens (tertiary/aromatic N) is 2. The van der Waals surface area contributed by atoms with Crippen LogP contribution in [0.5, 0.6) is 0 Å². The third-order valence-electron chi connectivity index (χ3n) is 2.41. The van der Waals surface area contributed by atoms with E-state index in [0.29, 0.717) is 6.61 Å². The molecule has 0 aliphatic carbocycles. The van der Waals surface area contributed by atoms with Crippen LogP contribution in [0.3, 0.4) is 0 Å². The molecule has 0 bridgehead atoms. The largest absolute Gasteiger partial charge is 0.383 e. The maximum Gasteiger partial charge on any atom is 0.191 e. The Morgan fingerprint density at radius 2 is 2.37 bits per heavy atom. The van der Waals surface area contributed by atoms with E-state index >= 15 is 0 Å². The normalized spacial score (nSPS) is 13.4. The van der Waals surface area contributed by atoms with Crippen molar-refractivity contribution in [2.45, 2.75) is 33.2 Å². The van der Waals surface area contributed by atoms with Crippen LogP contribution in [0, 0.1) is 6.92 Å². The third kappa shape index (κ3) is 6.54. The van der Waals surface area contributed by atoms with Gasteiger partial charge in [0.2, 0.25) is 0 Å². The molecule has 108 valence electrons. The smallest absolute Gasteiger partial charge is 0.191 e. The number of aliphatic imine (C=N–C) groups is 1. The van der Waals surface area contributed by atoms with Crippen molar-refractivity contribution in [3.8, 4) is 0 Å². The van der Waals surface area contributed by atoms with Crippen molar-refractivity contribution in [3.05, 3.63) is 16.1 Å². The van der Waals surface area contributed by atoms with Gasteiger partial charge in [-0.1, -0.05) is 0 Å². The maximum absolute atomic E-state index is 5.11. The summed E-state index contributed by atoms with van der Waals surface area (Å²) in [5.74, 6) is 0.834. The molecule has 5 nitrogen and oxygen atoms in total. The van der Waals surface area contributed by atoms with Crippen LogP contribution in [0.25, 0.3) is 0 Å². The van der Waals surface area contributed by atoms with E-state index in [2.05, 4.69) is 41.4 Å². The van der Waals surface area contributed by atoms with Crippen molar-refractivity contribution >= 4 is 17.3 Å². The Hall–Kier alpha value is -1.14. The molecule has 0 fully saturated rings. The van der Waals surface area contributed by atoms with Crippen LogP contribution < -0.4 is 10.6 Å². The molecule has 1 heterocycles. The first-order valence-corrected chi connectivity index (χ1v) is 7.42. The van der Waals surface area contributed by atoms with Crippen LogP contribution in [0.2, 0.25) is 0 Å². The Labute approximate surface area is 119 Å². The molecule has 0 aliphatic rings. The number of rotatable bonds is 7. The lowest BCUT2D eigenvalue weighted by molar-refractivity contribution is 0.179. The standard InChI is InChI=1S/C13H24N4OS/c1-5-14-13(17-10(2)9-18-4)15-7-6-12-16-8-11(3)19-12/h8,10H,5-7,9H2,1-4H3,(H2,14,15,17). The number of aryl methyl sites for hydroxylation is 1. The van der Waals surface area contributed by atoms with Gasteiger partial charge in [0.25, 0.3) is 0 Å². The molecule has 1 atom stereocenters. The second-order valence-electron chi connectivity index (χ2n) is 4.38. The van der Waals surface area contributed by atoms with Crippen molar-refractivity contribution in [3.63, 3.8) is 0 Å². The van der Waals surface area contributed by atoms with Crippen molar-refractivity contribution < 1.29 is 4.74 Å². The van der Waals surface area contributed by atoms with Crippen molar-refractivity contribution in [1.29, 1.82) is 0 Å². The summed E-state index contributed by atoms with van der Waals surface area (Å²) in [5.41, 5.74) is 0. The number of thiazole rings is 1. The van der Waals surface area contributed by atoms with Gasteiger partial charge >= 0.3 is 0 Å². The lowest BCUT2D eigenvalue weighted by Crippen LogP contribution is -2.44. The molecule has 1 aromatic heterocycles. The summed E-state index contributed by atoms with van der Waals surface area (Å²) < 4.78 is 5.11. The van der Waals surface area contributed by atoms with Crippen LogP contribution in [0.4, 0.5) is 0 Å². The van der Waals surface area contributed by atoms with Crippen LogP contribution in [0.15, 0.2) is 11.2 Å². The predicted molar refractivity (Wildman–Crippen MR) is 81.0 cm³/mol. The molecule has 0 amide bonds. The molecular weight excluding hydrogens is 260 g/mol. The van der Waals surface area contributed by atoms with Gasteiger partial charge in [0.05, 0.1) is 11.6 Å². The lowest BCUT2D eigenvalue weighted by atomic mass is 10.4. The minimum absolute atomic E-state index is 0.241. The number of hydrogen-bond donors (Lipinski definition) is 2. The average molecular weight is 284 g/mol. The predicted octanol–water partition coefficient (Wildman–Crippen LogP) is 1.58. The van der Waals surface area contributed by atoms with Crippen molar-refractivity contribution in [2.75, 3.05) is 26.8 Å². The summed E-state index contributed by atoms with van der Waals surface area (Å²) in [4.78, 5) is 10.1. The van der Waals surface area contributed by atoms with Gasteiger partial charge in [0.1, 0.15) is 0 Å². The van der Waals surface area contributed by atoms with E-state index in [1.807, 2.05) is 6.20 Å². The van der Waals surface area contributed by atoms with Crippen LogP contribution >= 0.6 is 11.3 Å². The van der Waals surface area contributed by atoms with E-state index in [0.717, 1.165) is 30.5 Å². The number of ether oxygens (including phenoxy) is 1. The van der Waals surface area contributed by atoms with E-state index in [9.17, 15) is 0 Å². The van der Waals surface area contributed by atoms with E-state index in [1.54, 1.807) is 18.4 Å². The van der Waals surface area contributed by atoms with E-state index in [-0.39, 0.29) is 6.04 Å². The van der Waals surface area contributed by atoms with Gasteiger partial charge in [-0.3, -0.25) is 4.99 Å². The highest BCUT2D eigenvalue weighted by molar-refractivity contribution is 7.11. The fourth-order valence-corrected chi connectivity index (χ4v) is 2.40. The summed E-state index contributed by atoms with van der Waals surface area (Å²) in [6.45, 7) is 8.45. The zero-order valence-electron chi connectivity index (χ0n) is 12.2. The molecule has 6 heteroatoms. The molecule has 19 heavy (non-hydrogen) atoms. The zero-order chi connectivity index (χ0) is 14.1. The van der Waals surface area contributed by atoms with Crippen molar-refractivity contribution in [1.82, 2.24) is 15.6 Å². The molecule has 1 aromatic rings. The Morgan fingerprint density at radius 1 is 1.58 bits per heavy atom. The van der Waals surface area contributed by atoms with Gasteiger partial charge in [-0.05, 0) is 20.8 Å². The highest BCUT2D eigenvalue weighted by Gasteiger charge is 2.04. The summed E-state index contributed by atoms with van der Waals surface area (Å²) >= 11 is 1.73. The minimum atomic E-state index is 0.241. The molecule has 1 unspecified atom stereocenters. The minimum Gasteiger partial charge on any atom is -0.383 e. The third-order valence-corrected chi connectivity index (χ3v) is 3.38. The van der Waals surface area contributed by atoms with E-state index < -0.39 is 0 Å². The first-order valence-electron chi connectivity index (χ1n) is 6.60. The number of aromatic nitrogens is 1. The number of hydrogen-bond acceptors (Lipinski definition) is 4. The van der Waals surface area contributed by atoms with Gasteiger partial charge in [-0.25, -0.2) is 4.98 Å². The second-order valence-corrected chi connectivity index (χ2v) is 5.70. The molecule has 2 N–H and O–H groups in total. The number of nitrogens with one attached hydrogen (secondary N) is 2. The van der Waals surface area contributed by atoms with Crippen LogP contribution in [-0.2, 0) is 11.2 Å². The van der Waals surface area contributed by atoms with Gasteiger partial charge in [-0.15, -0.1) is 11.3 Å². The van der Waals surface area contributed by atoms with E-state index in [4.69, 9.17) is 4.74 Å². The quantitative estimate of drug-likeness (QED) is 0.589. The summed E-state index contributed by atoms with van der Waals surface area (Å²) in [5, 5.41) is 7.68. The molecule has 1 rings (SSSR count). The van der Waals surface area contributed by atoms with Gasteiger partial charge < -0.3 is 15.4 Å².